The van der Waals surface area contributed by atoms with Crippen molar-refractivity contribution in [2.24, 2.45) is 5.73 Å². The highest BCUT2D eigenvalue weighted by Gasteiger charge is 2.23. The Bertz CT molecular complexity index is 363. The molecule has 1 atom stereocenters. The van der Waals surface area contributed by atoms with Crippen molar-refractivity contribution in [3.05, 3.63) is 34.9 Å². The lowest BCUT2D eigenvalue weighted by Gasteiger charge is -2.32. The van der Waals surface area contributed by atoms with Crippen molar-refractivity contribution < 1.29 is 5.11 Å². The molecule has 0 spiro atoms. The lowest BCUT2D eigenvalue weighted by Crippen LogP contribution is -2.40. The molecule has 4 heteroatoms. The van der Waals surface area contributed by atoms with Gasteiger partial charge in [-0.2, -0.15) is 0 Å². The van der Waals surface area contributed by atoms with Crippen LogP contribution in [0.25, 0.3) is 0 Å². The van der Waals surface area contributed by atoms with Crippen LogP contribution in [0.3, 0.4) is 0 Å². The Labute approximate surface area is 108 Å². The number of nitrogens with two attached hydrogens (primary N) is 1. The van der Waals surface area contributed by atoms with Crippen molar-refractivity contribution in [3.63, 3.8) is 0 Å². The molecule has 0 radical (unpaired) electrons. The summed E-state index contributed by atoms with van der Waals surface area (Å²) in [6, 6.07) is 7.70. The molecular weight excluding hydrogens is 236 g/mol. The Hall–Kier alpha value is -0.610. The average molecular weight is 257 g/mol. The van der Waals surface area contributed by atoms with E-state index < -0.39 is 5.60 Å². The van der Waals surface area contributed by atoms with Gasteiger partial charge in [0, 0.05) is 24.2 Å². The second kappa shape index (κ2) is 5.83. The van der Waals surface area contributed by atoms with Crippen molar-refractivity contribution in [2.45, 2.75) is 25.5 Å². The minimum absolute atomic E-state index is 0.0233. The van der Waals surface area contributed by atoms with Crippen LogP contribution >= 0.6 is 11.6 Å². The number of hydrogen-bond donors (Lipinski definition) is 2. The highest BCUT2D eigenvalue weighted by Crippen LogP contribution is 2.26. The van der Waals surface area contributed by atoms with E-state index in [2.05, 4.69) is 0 Å². The van der Waals surface area contributed by atoms with E-state index in [0.717, 1.165) is 5.56 Å². The fourth-order valence-corrected chi connectivity index (χ4v) is 2.27. The van der Waals surface area contributed by atoms with E-state index in [4.69, 9.17) is 17.3 Å². The largest absolute Gasteiger partial charge is 0.389 e. The fraction of sp³-hybridized carbons (Fsp3) is 0.538. The van der Waals surface area contributed by atoms with Crippen molar-refractivity contribution in [1.82, 2.24) is 4.90 Å². The fourth-order valence-electron chi connectivity index (χ4n) is 2.01. The molecule has 0 heterocycles. The quantitative estimate of drug-likeness (QED) is 0.848. The summed E-state index contributed by atoms with van der Waals surface area (Å²) >= 11 is 6.17. The minimum Gasteiger partial charge on any atom is -0.389 e. The van der Waals surface area contributed by atoms with Gasteiger partial charge in [-0.25, -0.2) is 0 Å². The third kappa shape index (κ3) is 4.28. The maximum absolute atomic E-state index is 9.83. The molecule has 0 saturated heterocycles. The number of nitrogens with zero attached hydrogens (tertiary/aromatic N) is 1. The van der Waals surface area contributed by atoms with Gasteiger partial charge in [0.1, 0.15) is 0 Å². The SMILES string of the molecule is CN(CC(C)(C)O)C(CN)c1ccccc1Cl. The first kappa shape index (κ1) is 14.5. The van der Waals surface area contributed by atoms with Crippen LogP contribution in [0.15, 0.2) is 24.3 Å². The van der Waals surface area contributed by atoms with Gasteiger partial charge in [-0.15, -0.1) is 0 Å². The maximum Gasteiger partial charge on any atom is 0.0718 e. The average Bonchev–Trinajstić information content (AvgIpc) is 2.19. The number of aliphatic hydroxyl groups is 1. The first-order chi connectivity index (χ1) is 7.85. The van der Waals surface area contributed by atoms with Gasteiger partial charge in [0.05, 0.1) is 5.60 Å². The molecule has 0 aliphatic carbocycles. The lowest BCUT2D eigenvalue weighted by molar-refractivity contribution is 0.0321. The summed E-state index contributed by atoms with van der Waals surface area (Å²) in [5, 5.41) is 10.5. The Kier molecular flexibility index (Phi) is 4.95. The van der Waals surface area contributed by atoms with Gasteiger partial charge < -0.3 is 10.8 Å². The predicted molar refractivity (Wildman–Crippen MR) is 72.2 cm³/mol. The maximum atomic E-state index is 9.83. The highest BCUT2D eigenvalue weighted by atomic mass is 35.5. The van der Waals surface area contributed by atoms with Gasteiger partial charge in [0.15, 0.2) is 0 Å². The molecule has 17 heavy (non-hydrogen) atoms. The molecule has 0 saturated carbocycles. The number of hydrogen-bond acceptors (Lipinski definition) is 3. The molecule has 3 nitrogen and oxygen atoms in total. The van der Waals surface area contributed by atoms with E-state index in [1.807, 2.05) is 36.2 Å². The zero-order valence-corrected chi connectivity index (χ0v) is 11.4. The molecule has 0 fully saturated rings. The molecule has 0 aliphatic rings. The Morgan fingerprint density at radius 2 is 2.00 bits per heavy atom. The molecule has 0 amide bonds. The van der Waals surface area contributed by atoms with E-state index >= 15 is 0 Å². The summed E-state index contributed by atoms with van der Waals surface area (Å²) < 4.78 is 0. The second-order valence-electron chi connectivity index (χ2n) is 5.00. The Morgan fingerprint density at radius 3 is 2.47 bits per heavy atom. The number of halogens is 1. The zero-order chi connectivity index (χ0) is 13.1. The molecular formula is C13H21ClN2O. The molecule has 1 aromatic rings. The van der Waals surface area contributed by atoms with Crippen LogP contribution in [0, 0.1) is 0 Å². The summed E-state index contributed by atoms with van der Waals surface area (Å²) in [4.78, 5) is 2.03. The van der Waals surface area contributed by atoms with E-state index in [0.29, 0.717) is 18.1 Å². The van der Waals surface area contributed by atoms with Crippen molar-refractivity contribution in [2.75, 3.05) is 20.1 Å². The van der Waals surface area contributed by atoms with Gasteiger partial charge in [0.25, 0.3) is 0 Å². The molecule has 1 unspecified atom stereocenters. The van der Waals surface area contributed by atoms with Crippen LogP contribution in [0.2, 0.25) is 5.02 Å². The molecule has 0 bridgehead atoms. The van der Waals surface area contributed by atoms with Crippen LogP contribution < -0.4 is 5.73 Å². The summed E-state index contributed by atoms with van der Waals surface area (Å²) in [6.45, 7) is 4.57. The van der Waals surface area contributed by atoms with E-state index in [1.54, 1.807) is 13.8 Å². The zero-order valence-electron chi connectivity index (χ0n) is 10.7. The van der Waals surface area contributed by atoms with E-state index in [9.17, 15) is 5.11 Å². The number of rotatable bonds is 5. The summed E-state index contributed by atoms with van der Waals surface area (Å²) in [7, 11) is 1.94. The van der Waals surface area contributed by atoms with Crippen LogP contribution in [-0.2, 0) is 0 Å². The van der Waals surface area contributed by atoms with E-state index in [-0.39, 0.29) is 6.04 Å². The second-order valence-corrected chi connectivity index (χ2v) is 5.41. The molecule has 0 aromatic heterocycles. The molecule has 1 rings (SSSR count). The molecule has 1 aromatic carbocycles. The first-order valence-corrected chi connectivity index (χ1v) is 6.10. The standard InChI is InChI=1S/C13H21ClN2O/c1-13(2,17)9-16(3)12(8-15)10-6-4-5-7-11(10)14/h4-7,12,17H,8-9,15H2,1-3H3. The van der Waals surface area contributed by atoms with Crippen molar-refractivity contribution in [3.8, 4) is 0 Å². The third-order valence-corrected chi connectivity index (χ3v) is 3.00. The monoisotopic (exact) mass is 256 g/mol. The smallest absolute Gasteiger partial charge is 0.0718 e. The summed E-state index contributed by atoms with van der Waals surface area (Å²) in [5.41, 5.74) is 6.07. The lowest BCUT2D eigenvalue weighted by atomic mass is 10.0. The Morgan fingerprint density at radius 1 is 1.41 bits per heavy atom. The van der Waals surface area contributed by atoms with Gasteiger partial charge >= 0.3 is 0 Å². The Balaban J connectivity index is 2.89. The minimum atomic E-state index is -0.747. The van der Waals surface area contributed by atoms with Crippen molar-refractivity contribution >= 4 is 11.6 Å². The van der Waals surface area contributed by atoms with Gasteiger partial charge in [-0.3, -0.25) is 4.90 Å². The van der Waals surface area contributed by atoms with Gasteiger partial charge in [-0.05, 0) is 32.5 Å². The van der Waals surface area contributed by atoms with E-state index in [1.165, 1.54) is 0 Å². The van der Waals surface area contributed by atoms with Crippen molar-refractivity contribution in [1.29, 1.82) is 0 Å². The molecule has 3 N–H and O–H groups in total. The number of benzene rings is 1. The molecule has 0 aliphatic heterocycles. The first-order valence-electron chi connectivity index (χ1n) is 5.72. The highest BCUT2D eigenvalue weighted by molar-refractivity contribution is 6.31. The summed E-state index contributed by atoms with van der Waals surface area (Å²) in [5.74, 6) is 0. The normalized spacial score (nSPS) is 14.1. The van der Waals surface area contributed by atoms with Crippen LogP contribution in [-0.4, -0.2) is 35.7 Å². The van der Waals surface area contributed by atoms with Crippen LogP contribution in [0.5, 0.6) is 0 Å². The van der Waals surface area contributed by atoms with Crippen LogP contribution in [0.1, 0.15) is 25.5 Å². The third-order valence-electron chi connectivity index (χ3n) is 2.66. The molecule has 96 valence electrons. The van der Waals surface area contributed by atoms with Crippen LogP contribution in [0.4, 0.5) is 0 Å². The number of likely N-dealkylation sites (N-methyl/N-ethyl adjacent to an activating group) is 1. The topological polar surface area (TPSA) is 49.5 Å². The predicted octanol–water partition coefficient (Wildman–Crippen LogP) is 2.04. The van der Waals surface area contributed by atoms with Gasteiger partial charge in [0.2, 0.25) is 0 Å². The van der Waals surface area contributed by atoms with Gasteiger partial charge in [-0.1, -0.05) is 29.8 Å². The summed E-state index contributed by atoms with van der Waals surface area (Å²) in [6.07, 6.45) is 0.